The van der Waals surface area contributed by atoms with Crippen LogP contribution in [0.4, 0.5) is 4.79 Å². The Balaban J connectivity index is 0. The summed E-state index contributed by atoms with van der Waals surface area (Å²) in [5.41, 5.74) is -0.522. The van der Waals surface area contributed by atoms with E-state index in [0.29, 0.717) is 13.0 Å². The van der Waals surface area contributed by atoms with Gasteiger partial charge < -0.3 is 14.6 Å². The Hall–Kier alpha value is 0.380. The predicted octanol–water partition coefficient (Wildman–Crippen LogP) is -2.22. The zero-order chi connectivity index (χ0) is 11.2. The zero-order valence-electron chi connectivity index (χ0n) is 9.66. The van der Waals surface area contributed by atoms with Gasteiger partial charge in [0.05, 0.1) is 0 Å². The summed E-state index contributed by atoms with van der Waals surface area (Å²) in [4.78, 5) is 11.0. The minimum atomic E-state index is -2.04. The maximum Gasteiger partial charge on any atom is 1.00 e. The van der Waals surface area contributed by atoms with E-state index in [0.717, 1.165) is 0 Å². The first-order chi connectivity index (χ1) is 6.31. The molecule has 0 bridgehead atoms. The fraction of sp³-hybridized carbons (Fsp3) is 0.875. The fourth-order valence-corrected chi connectivity index (χ4v) is 1.07. The minimum absolute atomic E-state index is 0. The Morgan fingerprint density at radius 3 is 2.40 bits per heavy atom. The van der Waals surface area contributed by atoms with Crippen molar-refractivity contribution in [2.75, 3.05) is 12.3 Å². The molecular formula is C8H16NNaO4S. The van der Waals surface area contributed by atoms with Gasteiger partial charge in [-0.15, -0.1) is 0 Å². The molecule has 5 nitrogen and oxygen atoms in total. The Labute approximate surface area is 115 Å². The molecule has 1 amide bonds. The quantitative estimate of drug-likeness (QED) is 0.346. The zero-order valence-corrected chi connectivity index (χ0v) is 12.5. The molecule has 0 radical (unpaired) electrons. The molecular weight excluding hydrogens is 229 g/mol. The molecule has 1 N–H and O–H groups in total. The number of carbonyl (C=O) groups excluding carboxylic acids is 1. The summed E-state index contributed by atoms with van der Waals surface area (Å²) in [5, 5.41) is 2.46. The van der Waals surface area contributed by atoms with Crippen molar-refractivity contribution in [2.24, 2.45) is 0 Å². The van der Waals surface area contributed by atoms with Crippen molar-refractivity contribution in [1.29, 1.82) is 0 Å². The second-order valence-electron chi connectivity index (χ2n) is 3.79. The van der Waals surface area contributed by atoms with Gasteiger partial charge in [0.2, 0.25) is 0 Å². The predicted molar refractivity (Wildman–Crippen MR) is 52.6 cm³/mol. The van der Waals surface area contributed by atoms with E-state index in [4.69, 9.17) is 4.74 Å². The van der Waals surface area contributed by atoms with Crippen molar-refractivity contribution in [1.82, 2.24) is 5.32 Å². The van der Waals surface area contributed by atoms with Crippen LogP contribution in [0.15, 0.2) is 0 Å². The van der Waals surface area contributed by atoms with Crippen molar-refractivity contribution in [2.45, 2.75) is 32.8 Å². The average molecular weight is 245 g/mol. The number of hydrogen-bond donors (Lipinski definition) is 1. The first kappa shape index (κ1) is 17.8. The maximum atomic E-state index is 11.0. The van der Waals surface area contributed by atoms with Crippen LogP contribution in [0.5, 0.6) is 0 Å². The molecule has 0 aromatic carbocycles. The standard InChI is InChI=1S/C8H17NO4S.Na/c1-8(2,3)13-7(10)9-5-4-6-14(11)12;/h4-6H2,1-3H3,(H,9,10)(H,11,12);/q;+1/p-1. The van der Waals surface area contributed by atoms with Gasteiger partial charge in [0.15, 0.2) is 0 Å². The summed E-state index contributed by atoms with van der Waals surface area (Å²) in [6.07, 6.45) is -0.121. The van der Waals surface area contributed by atoms with E-state index in [1.807, 2.05) is 0 Å². The number of rotatable bonds is 4. The van der Waals surface area contributed by atoms with Crippen LogP contribution >= 0.6 is 0 Å². The van der Waals surface area contributed by atoms with Crippen molar-refractivity contribution in [3.63, 3.8) is 0 Å². The van der Waals surface area contributed by atoms with E-state index in [-0.39, 0.29) is 35.3 Å². The number of alkyl carbamates (subject to hydrolysis) is 1. The Bertz CT molecular complexity index is 217. The largest absolute Gasteiger partial charge is 1.00 e. The van der Waals surface area contributed by atoms with Gasteiger partial charge >= 0.3 is 35.7 Å². The molecule has 0 heterocycles. The van der Waals surface area contributed by atoms with Gasteiger partial charge in [0.1, 0.15) is 5.60 Å². The molecule has 15 heavy (non-hydrogen) atoms. The summed E-state index contributed by atoms with van der Waals surface area (Å²) < 4.78 is 25.2. The SMILES string of the molecule is CC(C)(C)OC(=O)NCCCS(=O)[O-].[Na+]. The molecule has 1 unspecified atom stereocenters. The molecule has 0 aliphatic rings. The molecule has 0 fully saturated rings. The van der Waals surface area contributed by atoms with Crippen LogP contribution in [0.1, 0.15) is 27.2 Å². The topological polar surface area (TPSA) is 78.5 Å². The van der Waals surface area contributed by atoms with Gasteiger partial charge in [-0.2, -0.15) is 0 Å². The molecule has 0 rings (SSSR count). The summed E-state index contributed by atoms with van der Waals surface area (Å²) in [6.45, 7) is 5.60. The summed E-state index contributed by atoms with van der Waals surface area (Å²) in [6, 6.07) is 0. The molecule has 0 aromatic rings. The molecule has 0 spiro atoms. The van der Waals surface area contributed by atoms with Crippen LogP contribution in [0.3, 0.4) is 0 Å². The molecule has 0 aliphatic carbocycles. The molecule has 0 saturated heterocycles. The normalized spacial score (nSPS) is 12.5. The Kier molecular flexibility index (Phi) is 10.1. The number of ether oxygens (including phenoxy) is 1. The monoisotopic (exact) mass is 245 g/mol. The van der Waals surface area contributed by atoms with Crippen LogP contribution < -0.4 is 34.9 Å². The second-order valence-corrected chi connectivity index (χ2v) is 4.81. The molecule has 7 heteroatoms. The first-order valence-corrected chi connectivity index (χ1v) is 5.58. The summed E-state index contributed by atoms with van der Waals surface area (Å²) >= 11 is -2.04. The van der Waals surface area contributed by atoms with Gasteiger partial charge in [-0.3, -0.25) is 4.21 Å². The van der Waals surface area contributed by atoms with E-state index >= 15 is 0 Å². The van der Waals surface area contributed by atoms with Crippen molar-refractivity contribution >= 4 is 17.2 Å². The number of hydrogen-bond acceptors (Lipinski definition) is 4. The first-order valence-electron chi connectivity index (χ1n) is 4.34. The maximum absolute atomic E-state index is 11.0. The molecule has 0 saturated carbocycles. The smallest absolute Gasteiger partial charge is 0.772 e. The van der Waals surface area contributed by atoms with Crippen molar-refractivity contribution < 1.29 is 47.9 Å². The summed E-state index contributed by atoms with van der Waals surface area (Å²) in [7, 11) is 0. The van der Waals surface area contributed by atoms with Gasteiger partial charge in [-0.05, 0) is 27.2 Å². The van der Waals surface area contributed by atoms with E-state index in [2.05, 4.69) is 5.32 Å². The van der Waals surface area contributed by atoms with Gasteiger partial charge in [0, 0.05) is 12.3 Å². The van der Waals surface area contributed by atoms with Crippen LogP contribution in [0.25, 0.3) is 0 Å². The Morgan fingerprint density at radius 1 is 1.47 bits per heavy atom. The third kappa shape index (κ3) is 14.4. The molecule has 0 aliphatic heterocycles. The minimum Gasteiger partial charge on any atom is -0.772 e. The Morgan fingerprint density at radius 2 is 2.00 bits per heavy atom. The fourth-order valence-electron chi connectivity index (χ4n) is 0.695. The number of carbonyl (C=O) groups is 1. The average Bonchev–Trinajstić information content (AvgIpc) is 1.94. The van der Waals surface area contributed by atoms with Crippen LogP contribution in [0, 0.1) is 0 Å². The van der Waals surface area contributed by atoms with Crippen LogP contribution in [-0.4, -0.2) is 32.8 Å². The van der Waals surface area contributed by atoms with E-state index in [9.17, 15) is 13.6 Å². The van der Waals surface area contributed by atoms with Crippen molar-refractivity contribution in [3.05, 3.63) is 0 Å². The number of amides is 1. The second kappa shape index (κ2) is 8.52. The van der Waals surface area contributed by atoms with Crippen LogP contribution in [0.2, 0.25) is 0 Å². The van der Waals surface area contributed by atoms with E-state index in [1.54, 1.807) is 20.8 Å². The van der Waals surface area contributed by atoms with Crippen LogP contribution in [-0.2, 0) is 15.8 Å². The third-order valence-corrected chi connectivity index (χ3v) is 1.78. The molecule has 0 aromatic heterocycles. The van der Waals surface area contributed by atoms with Gasteiger partial charge in [0.25, 0.3) is 0 Å². The summed E-state index contributed by atoms with van der Waals surface area (Å²) in [5.74, 6) is 0.0514. The van der Waals surface area contributed by atoms with E-state index < -0.39 is 22.8 Å². The number of nitrogens with one attached hydrogen (secondary N) is 1. The van der Waals surface area contributed by atoms with Gasteiger partial charge in [-0.1, -0.05) is 11.1 Å². The molecule has 84 valence electrons. The van der Waals surface area contributed by atoms with Crippen molar-refractivity contribution in [3.8, 4) is 0 Å². The van der Waals surface area contributed by atoms with Gasteiger partial charge in [-0.25, -0.2) is 4.79 Å². The molecule has 1 atom stereocenters. The van der Waals surface area contributed by atoms with E-state index in [1.165, 1.54) is 0 Å². The third-order valence-electron chi connectivity index (χ3n) is 1.16.